The van der Waals surface area contributed by atoms with Gasteiger partial charge in [-0.2, -0.15) is 12.6 Å². The van der Waals surface area contributed by atoms with Crippen LogP contribution in [0.1, 0.15) is 0 Å². The molecular formula is C12H19N5OS. The molecule has 1 aliphatic carbocycles. The Bertz CT molecular complexity index is 469. The number of allylic oxidation sites excluding steroid dienone is 4. The third-order valence-electron chi connectivity index (χ3n) is 2.96. The summed E-state index contributed by atoms with van der Waals surface area (Å²) in [5.74, 6) is 0.143. The van der Waals surface area contributed by atoms with Gasteiger partial charge in [0, 0.05) is 27.2 Å². The van der Waals surface area contributed by atoms with Crippen LogP contribution >= 0.6 is 12.6 Å². The van der Waals surface area contributed by atoms with Crippen molar-refractivity contribution in [2.75, 3.05) is 32.9 Å². The number of carbonyl (C=O) groups excluding carboxylic acids is 1. The number of rotatable bonds is 5. The fourth-order valence-corrected chi connectivity index (χ4v) is 1.83. The van der Waals surface area contributed by atoms with Crippen molar-refractivity contribution in [2.24, 2.45) is 5.73 Å². The van der Waals surface area contributed by atoms with Gasteiger partial charge in [0.05, 0.1) is 17.1 Å². The van der Waals surface area contributed by atoms with Crippen molar-refractivity contribution in [3.8, 4) is 0 Å². The Morgan fingerprint density at radius 3 is 2.47 bits per heavy atom. The SMILES string of the molecule is CN(CCN(C)C1=CC=C(N)C(=N)C1=N)C(=O)CS. The molecule has 0 aromatic carbocycles. The van der Waals surface area contributed by atoms with Gasteiger partial charge in [-0.25, -0.2) is 0 Å². The maximum Gasteiger partial charge on any atom is 0.232 e. The Hall–Kier alpha value is -1.76. The molecule has 0 aromatic heterocycles. The average Bonchev–Trinajstić information content (AvgIpc) is 2.41. The van der Waals surface area contributed by atoms with Gasteiger partial charge in [-0.1, -0.05) is 0 Å². The van der Waals surface area contributed by atoms with Crippen LogP contribution in [-0.2, 0) is 4.79 Å². The molecule has 6 nitrogen and oxygen atoms in total. The lowest BCUT2D eigenvalue weighted by Gasteiger charge is -2.27. The highest BCUT2D eigenvalue weighted by Gasteiger charge is 2.20. The van der Waals surface area contributed by atoms with E-state index >= 15 is 0 Å². The lowest BCUT2D eigenvalue weighted by atomic mass is 10.0. The van der Waals surface area contributed by atoms with E-state index in [1.807, 2.05) is 11.9 Å². The smallest absolute Gasteiger partial charge is 0.232 e. The molecule has 0 bridgehead atoms. The Morgan fingerprint density at radius 1 is 1.26 bits per heavy atom. The summed E-state index contributed by atoms with van der Waals surface area (Å²) in [6.45, 7) is 1.11. The summed E-state index contributed by atoms with van der Waals surface area (Å²) in [5, 5.41) is 15.6. The average molecular weight is 281 g/mol. The van der Waals surface area contributed by atoms with Crippen molar-refractivity contribution < 1.29 is 4.79 Å². The summed E-state index contributed by atoms with van der Waals surface area (Å²) in [6, 6.07) is 0. The minimum absolute atomic E-state index is 0.0316. The number of amides is 1. The zero-order chi connectivity index (χ0) is 14.6. The van der Waals surface area contributed by atoms with E-state index in [1.54, 1.807) is 24.1 Å². The lowest BCUT2D eigenvalue weighted by Crippen LogP contribution is -2.38. The molecule has 0 unspecified atom stereocenters. The molecule has 1 rings (SSSR count). The van der Waals surface area contributed by atoms with Gasteiger partial charge in [-0.05, 0) is 12.2 Å². The van der Waals surface area contributed by atoms with E-state index in [9.17, 15) is 4.79 Å². The standard InChI is InChI=1S/C12H19N5OS/c1-16(5-6-17(2)10(18)7-19)9-4-3-8(13)11(14)12(9)15/h3-4,14-15,19H,5-7,13H2,1-2H3. The van der Waals surface area contributed by atoms with E-state index in [2.05, 4.69) is 12.6 Å². The molecule has 0 radical (unpaired) electrons. The summed E-state index contributed by atoms with van der Waals surface area (Å²) in [4.78, 5) is 14.8. The van der Waals surface area contributed by atoms with Crippen LogP contribution < -0.4 is 5.73 Å². The van der Waals surface area contributed by atoms with Gasteiger partial charge in [0.25, 0.3) is 0 Å². The normalized spacial score (nSPS) is 14.9. The third-order valence-corrected chi connectivity index (χ3v) is 3.23. The second kappa shape index (κ2) is 6.42. The van der Waals surface area contributed by atoms with E-state index < -0.39 is 0 Å². The van der Waals surface area contributed by atoms with Gasteiger partial charge >= 0.3 is 0 Å². The van der Waals surface area contributed by atoms with Gasteiger partial charge in [-0.3, -0.25) is 15.6 Å². The maximum absolute atomic E-state index is 11.4. The quantitative estimate of drug-likeness (QED) is 0.424. The second-order valence-electron chi connectivity index (χ2n) is 4.32. The van der Waals surface area contributed by atoms with Gasteiger partial charge in [0.15, 0.2) is 0 Å². The fraction of sp³-hybridized carbons (Fsp3) is 0.417. The third kappa shape index (κ3) is 3.60. The van der Waals surface area contributed by atoms with Crippen molar-refractivity contribution in [3.63, 3.8) is 0 Å². The maximum atomic E-state index is 11.4. The van der Waals surface area contributed by atoms with E-state index in [4.69, 9.17) is 16.6 Å². The second-order valence-corrected chi connectivity index (χ2v) is 4.64. The number of hydrogen-bond donors (Lipinski definition) is 4. The van der Waals surface area contributed by atoms with Crippen LogP contribution in [-0.4, -0.2) is 60.1 Å². The van der Waals surface area contributed by atoms with E-state index in [0.29, 0.717) is 24.5 Å². The molecule has 0 aliphatic heterocycles. The van der Waals surface area contributed by atoms with Crippen LogP contribution in [0.5, 0.6) is 0 Å². The van der Waals surface area contributed by atoms with Crippen molar-refractivity contribution in [2.45, 2.75) is 0 Å². The summed E-state index contributed by atoms with van der Waals surface area (Å²) in [6.07, 6.45) is 3.34. The predicted octanol–water partition coefficient (Wildman–Crippen LogP) is 0.0860. The Labute approximate surface area is 118 Å². The summed E-state index contributed by atoms with van der Waals surface area (Å²) < 4.78 is 0. The van der Waals surface area contributed by atoms with Crippen LogP contribution in [0, 0.1) is 10.8 Å². The van der Waals surface area contributed by atoms with Crippen molar-refractivity contribution in [3.05, 3.63) is 23.5 Å². The molecule has 0 saturated carbocycles. The molecule has 0 saturated heterocycles. The molecule has 0 aromatic rings. The highest BCUT2D eigenvalue weighted by molar-refractivity contribution is 7.81. The molecule has 19 heavy (non-hydrogen) atoms. The first-order valence-corrected chi connectivity index (χ1v) is 6.43. The van der Waals surface area contributed by atoms with E-state index in [-0.39, 0.29) is 23.1 Å². The Kier molecular flexibility index (Phi) is 5.17. The van der Waals surface area contributed by atoms with Crippen LogP contribution in [0.3, 0.4) is 0 Å². The predicted molar refractivity (Wildman–Crippen MR) is 79.9 cm³/mol. The van der Waals surface area contributed by atoms with Gasteiger partial charge in [0.1, 0.15) is 11.4 Å². The molecule has 1 aliphatic rings. The summed E-state index contributed by atoms with van der Waals surface area (Å²) in [5.41, 5.74) is 6.64. The molecule has 0 atom stereocenters. The number of nitrogens with two attached hydrogens (primary N) is 1. The van der Waals surface area contributed by atoms with Gasteiger partial charge in [-0.15, -0.1) is 0 Å². The van der Waals surface area contributed by atoms with Crippen molar-refractivity contribution in [1.29, 1.82) is 10.8 Å². The first-order chi connectivity index (χ1) is 8.88. The number of hydrogen-bond acceptors (Lipinski definition) is 6. The van der Waals surface area contributed by atoms with E-state index in [1.165, 1.54) is 0 Å². The molecule has 4 N–H and O–H groups in total. The number of likely N-dealkylation sites (N-methyl/N-ethyl adjacent to an activating group) is 2. The molecule has 0 spiro atoms. The van der Waals surface area contributed by atoms with Crippen LogP contribution in [0.4, 0.5) is 0 Å². The highest BCUT2D eigenvalue weighted by Crippen LogP contribution is 2.12. The molecule has 0 heterocycles. The van der Waals surface area contributed by atoms with Crippen LogP contribution in [0.15, 0.2) is 23.5 Å². The van der Waals surface area contributed by atoms with Gasteiger partial charge < -0.3 is 15.5 Å². The Morgan fingerprint density at radius 2 is 1.89 bits per heavy atom. The van der Waals surface area contributed by atoms with Crippen molar-refractivity contribution in [1.82, 2.24) is 9.80 Å². The zero-order valence-electron chi connectivity index (χ0n) is 11.1. The first-order valence-electron chi connectivity index (χ1n) is 5.80. The zero-order valence-corrected chi connectivity index (χ0v) is 12.0. The van der Waals surface area contributed by atoms with Crippen LogP contribution in [0.2, 0.25) is 0 Å². The van der Waals surface area contributed by atoms with Gasteiger partial charge in [0.2, 0.25) is 5.91 Å². The van der Waals surface area contributed by atoms with Crippen molar-refractivity contribution >= 4 is 30.0 Å². The minimum atomic E-state index is -0.0404. The molecule has 0 fully saturated rings. The monoisotopic (exact) mass is 281 g/mol. The molecule has 1 amide bonds. The first kappa shape index (κ1) is 15.3. The number of nitrogens with one attached hydrogen (secondary N) is 2. The number of carbonyl (C=O) groups is 1. The van der Waals surface area contributed by atoms with Crippen LogP contribution in [0.25, 0.3) is 0 Å². The highest BCUT2D eigenvalue weighted by atomic mass is 32.1. The summed E-state index contributed by atoms with van der Waals surface area (Å²) >= 11 is 3.94. The number of nitrogens with zero attached hydrogens (tertiary/aromatic N) is 2. The van der Waals surface area contributed by atoms with E-state index in [0.717, 1.165) is 0 Å². The lowest BCUT2D eigenvalue weighted by molar-refractivity contribution is -0.127. The fourth-order valence-electron chi connectivity index (χ4n) is 1.59. The molecule has 7 heteroatoms. The summed E-state index contributed by atoms with van der Waals surface area (Å²) in [7, 11) is 3.54. The Balaban J connectivity index is 2.64. The molecular weight excluding hydrogens is 262 g/mol. The minimum Gasteiger partial charge on any atom is -0.397 e. The topological polar surface area (TPSA) is 97.3 Å². The number of thiol groups is 1. The largest absolute Gasteiger partial charge is 0.397 e. The molecule has 104 valence electrons.